The Morgan fingerprint density at radius 2 is 2.08 bits per heavy atom. The number of hydrogen-bond donors (Lipinski definition) is 1. The van der Waals surface area contributed by atoms with Crippen LogP contribution in [-0.4, -0.2) is 24.1 Å². The summed E-state index contributed by atoms with van der Waals surface area (Å²) in [5, 5.41) is 0. The number of carbonyl (C=O) groups excluding carboxylic acids is 1. The van der Waals surface area contributed by atoms with Crippen LogP contribution in [0.15, 0.2) is 18.6 Å². The Morgan fingerprint density at radius 3 is 2.54 bits per heavy atom. The summed E-state index contributed by atoms with van der Waals surface area (Å²) in [5.41, 5.74) is 0.380. The zero-order valence-corrected chi connectivity index (χ0v) is 9.03. The van der Waals surface area contributed by atoms with Gasteiger partial charge < -0.3 is 4.98 Å². The summed E-state index contributed by atoms with van der Waals surface area (Å²) in [7, 11) is -1.57. The van der Waals surface area contributed by atoms with Gasteiger partial charge in [-0.25, -0.2) is 4.98 Å². The zero-order chi connectivity index (χ0) is 9.90. The Kier molecular flexibility index (Phi) is 2.77. The van der Waals surface area contributed by atoms with E-state index < -0.39 is 8.24 Å². The van der Waals surface area contributed by atoms with E-state index in [9.17, 15) is 4.79 Å². The van der Waals surface area contributed by atoms with Gasteiger partial charge in [0.2, 0.25) is 0 Å². The molecule has 1 aromatic heterocycles. The molecule has 0 aliphatic carbocycles. The van der Waals surface area contributed by atoms with Crippen molar-refractivity contribution < 1.29 is 4.79 Å². The van der Waals surface area contributed by atoms with Gasteiger partial charge in [0.1, 0.15) is 13.9 Å². The summed E-state index contributed by atoms with van der Waals surface area (Å²) in [5.74, 6) is -0.132. The Balaban J connectivity index is 2.71. The van der Waals surface area contributed by atoms with Crippen LogP contribution >= 0.6 is 0 Å². The van der Waals surface area contributed by atoms with E-state index >= 15 is 0 Å². The molecule has 1 amide bonds. The summed E-state index contributed by atoms with van der Waals surface area (Å²) in [6.07, 6.45) is 4.53. The molecule has 70 valence electrons. The standard InChI is InChI=1S/C8H13N3OSi/c1-13(2,3)11-8(12)7-6-9-4-5-10-7/h4-6H,1-3H3,(H,11,12). The maximum Gasteiger partial charge on any atom is 0.263 e. The number of aromatic nitrogens is 2. The van der Waals surface area contributed by atoms with Gasteiger partial charge in [0.05, 0.1) is 6.20 Å². The minimum Gasteiger partial charge on any atom is -0.377 e. The lowest BCUT2D eigenvalue weighted by atomic mass is 10.4. The van der Waals surface area contributed by atoms with Gasteiger partial charge in [-0.15, -0.1) is 0 Å². The van der Waals surface area contributed by atoms with Crippen LogP contribution < -0.4 is 4.98 Å². The van der Waals surface area contributed by atoms with Gasteiger partial charge in [-0.3, -0.25) is 9.78 Å². The first-order valence-corrected chi connectivity index (χ1v) is 7.57. The van der Waals surface area contributed by atoms with Gasteiger partial charge in [-0.2, -0.15) is 0 Å². The van der Waals surface area contributed by atoms with Crippen molar-refractivity contribution in [3.05, 3.63) is 24.3 Å². The van der Waals surface area contributed by atoms with E-state index in [2.05, 4.69) is 34.6 Å². The first kappa shape index (κ1) is 9.85. The second kappa shape index (κ2) is 3.65. The lowest BCUT2D eigenvalue weighted by molar-refractivity contribution is 0.0973. The van der Waals surface area contributed by atoms with Crippen LogP contribution in [0.1, 0.15) is 10.5 Å². The highest BCUT2D eigenvalue weighted by Gasteiger charge is 2.18. The largest absolute Gasteiger partial charge is 0.377 e. The van der Waals surface area contributed by atoms with E-state index in [1.807, 2.05) is 0 Å². The minimum atomic E-state index is -1.57. The fourth-order valence-corrected chi connectivity index (χ4v) is 1.63. The predicted molar refractivity (Wildman–Crippen MR) is 52.8 cm³/mol. The normalized spacial score (nSPS) is 11.0. The Bertz CT molecular complexity index is 294. The van der Waals surface area contributed by atoms with Gasteiger partial charge >= 0.3 is 0 Å². The molecule has 0 saturated heterocycles. The van der Waals surface area contributed by atoms with Crippen LogP contribution in [0.4, 0.5) is 0 Å². The Hall–Kier alpha value is -1.23. The van der Waals surface area contributed by atoms with E-state index in [0.29, 0.717) is 5.69 Å². The van der Waals surface area contributed by atoms with Gasteiger partial charge in [0, 0.05) is 12.4 Å². The molecule has 0 atom stereocenters. The Morgan fingerprint density at radius 1 is 1.38 bits per heavy atom. The molecule has 0 aliphatic heterocycles. The number of nitrogens with one attached hydrogen (secondary N) is 1. The van der Waals surface area contributed by atoms with Crippen molar-refractivity contribution in [1.82, 2.24) is 15.0 Å². The summed E-state index contributed by atoms with van der Waals surface area (Å²) in [6.45, 7) is 6.17. The van der Waals surface area contributed by atoms with E-state index in [4.69, 9.17) is 0 Å². The highest BCUT2D eigenvalue weighted by Crippen LogP contribution is 1.97. The molecule has 0 spiro atoms. The van der Waals surface area contributed by atoms with Crippen LogP contribution in [0.3, 0.4) is 0 Å². The monoisotopic (exact) mass is 195 g/mol. The third-order valence-electron chi connectivity index (χ3n) is 1.28. The minimum absolute atomic E-state index is 0.132. The molecule has 0 radical (unpaired) electrons. The van der Waals surface area contributed by atoms with E-state index in [-0.39, 0.29) is 5.91 Å². The smallest absolute Gasteiger partial charge is 0.263 e. The molecular formula is C8H13N3OSi. The average Bonchev–Trinajstić information content (AvgIpc) is 2.03. The number of nitrogens with zero attached hydrogens (tertiary/aromatic N) is 2. The molecule has 0 aliphatic rings. The summed E-state index contributed by atoms with van der Waals surface area (Å²) in [6, 6.07) is 0. The van der Waals surface area contributed by atoms with Crippen LogP contribution in [0, 0.1) is 0 Å². The average molecular weight is 195 g/mol. The topological polar surface area (TPSA) is 54.9 Å². The lowest BCUT2D eigenvalue weighted by Crippen LogP contribution is -2.45. The molecule has 1 aromatic rings. The first-order valence-electron chi connectivity index (χ1n) is 4.07. The SMILES string of the molecule is C[Si](C)(C)NC(=O)c1cnccn1. The quantitative estimate of drug-likeness (QED) is 0.717. The molecule has 0 saturated carbocycles. The maximum atomic E-state index is 11.5. The van der Waals surface area contributed by atoms with Crippen LogP contribution in [0.25, 0.3) is 0 Å². The molecule has 1 N–H and O–H groups in total. The van der Waals surface area contributed by atoms with Gasteiger partial charge in [-0.05, 0) is 0 Å². The summed E-state index contributed by atoms with van der Waals surface area (Å²) >= 11 is 0. The highest BCUT2D eigenvalue weighted by molar-refractivity contribution is 6.76. The first-order chi connectivity index (χ1) is 5.99. The molecule has 0 unspecified atom stereocenters. The molecule has 5 heteroatoms. The summed E-state index contributed by atoms with van der Waals surface area (Å²) in [4.78, 5) is 22.2. The fraction of sp³-hybridized carbons (Fsp3) is 0.375. The third kappa shape index (κ3) is 3.33. The second-order valence-electron chi connectivity index (χ2n) is 3.79. The third-order valence-corrected chi connectivity index (χ3v) is 2.26. The Labute approximate surface area is 78.5 Å². The van der Waals surface area contributed by atoms with Gasteiger partial charge in [0.15, 0.2) is 0 Å². The van der Waals surface area contributed by atoms with Crippen molar-refractivity contribution in [1.29, 1.82) is 0 Å². The molecule has 1 heterocycles. The predicted octanol–water partition coefficient (Wildman–Crippen LogP) is 1.04. The molecule has 0 aromatic carbocycles. The zero-order valence-electron chi connectivity index (χ0n) is 8.03. The van der Waals surface area contributed by atoms with Crippen LogP contribution in [0.5, 0.6) is 0 Å². The van der Waals surface area contributed by atoms with Crippen molar-refractivity contribution in [2.75, 3.05) is 0 Å². The maximum absolute atomic E-state index is 11.5. The van der Waals surface area contributed by atoms with E-state index in [0.717, 1.165) is 0 Å². The summed E-state index contributed by atoms with van der Waals surface area (Å²) < 4.78 is 0. The van der Waals surface area contributed by atoms with E-state index in [1.165, 1.54) is 12.4 Å². The number of carbonyl (C=O) groups is 1. The van der Waals surface area contributed by atoms with Crippen molar-refractivity contribution in [2.24, 2.45) is 0 Å². The van der Waals surface area contributed by atoms with Crippen LogP contribution in [-0.2, 0) is 0 Å². The molecule has 0 fully saturated rings. The molecule has 13 heavy (non-hydrogen) atoms. The van der Waals surface area contributed by atoms with E-state index in [1.54, 1.807) is 6.20 Å². The van der Waals surface area contributed by atoms with Crippen molar-refractivity contribution in [2.45, 2.75) is 19.6 Å². The highest BCUT2D eigenvalue weighted by atomic mass is 28.3. The second-order valence-corrected chi connectivity index (χ2v) is 8.54. The van der Waals surface area contributed by atoms with Crippen molar-refractivity contribution in [3.8, 4) is 0 Å². The fourth-order valence-electron chi connectivity index (χ4n) is 0.821. The number of hydrogen-bond acceptors (Lipinski definition) is 3. The molecule has 1 rings (SSSR count). The molecule has 0 bridgehead atoms. The van der Waals surface area contributed by atoms with Crippen molar-refractivity contribution in [3.63, 3.8) is 0 Å². The van der Waals surface area contributed by atoms with Crippen molar-refractivity contribution >= 4 is 14.1 Å². The van der Waals surface area contributed by atoms with Gasteiger partial charge in [-0.1, -0.05) is 19.6 Å². The number of rotatable bonds is 2. The molecular weight excluding hydrogens is 182 g/mol. The lowest BCUT2D eigenvalue weighted by Gasteiger charge is -2.16. The number of amides is 1. The van der Waals surface area contributed by atoms with Gasteiger partial charge in [0.25, 0.3) is 5.91 Å². The molecule has 4 nitrogen and oxygen atoms in total. The van der Waals surface area contributed by atoms with Crippen LogP contribution in [0.2, 0.25) is 19.6 Å².